The van der Waals surface area contributed by atoms with Crippen molar-refractivity contribution in [2.45, 2.75) is 31.9 Å². The standard InChI is InChI=1S/C11H17FN2O/c1-3-4-10(15-2)11(13)8-5-9(12)7-14-6-8/h5-7,10-11H,3-4,13H2,1-2H3. The molecule has 0 spiro atoms. The third-order valence-corrected chi connectivity index (χ3v) is 2.39. The third-order valence-electron chi connectivity index (χ3n) is 2.39. The van der Waals surface area contributed by atoms with Crippen LogP contribution in [0.4, 0.5) is 4.39 Å². The summed E-state index contributed by atoms with van der Waals surface area (Å²) in [6, 6.07) is 1.08. The van der Waals surface area contributed by atoms with Crippen LogP contribution in [0.25, 0.3) is 0 Å². The van der Waals surface area contributed by atoms with Crippen molar-refractivity contribution in [2.24, 2.45) is 5.73 Å². The minimum atomic E-state index is -0.366. The number of methoxy groups -OCH3 is 1. The van der Waals surface area contributed by atoms with E-state index in [0.29, 0.717) is 5.56 Å². The predicted molar refractivity (Wildman–Crippen MR) is 56.8 cm³/mol. The zero-order chi connectivity index (χ0) is 11.3. The van der Waals surface area contributed by atoms with E-state index >= 15 is 0 Å². The molecule has 0 saturated carbocycles. The number of aromatic nitrogens is 1. The number of rotatable bonds is 5. The molecule has 0 fully saturated rings. The van der Waals surface area contributed by atoms with Crippen molar-refractivity contribution in [3.05, 3.63) is 29.8 Å². The molecule has 3 nitrogen and oxygen atoms in total. The van der Waals surface area contributed by atoms with E-state index in [1.54, 1.807) is 13.3 Å². The summed E-state index contributed by atoms with van der Waals surface area (Å²) in [4.78, 5) is 3.77. The van der Waals surface area contributed by atoms with Crippen LogP contribution in [-0.2, 0) is 4.74 Å². The van der Waals surface area contributed by atoms with Crippen LogP contribution in [0.15, 0.2) is 18.5 Å². The van der Waals surface area contributed by atoms with Crippen molar-refractivity contribution >= 4 is 0 Å². The summed E-state index contributed by atoms with van der Waals surface area (Å²) in [7, 11) is 1.62. The van der Waals surface area contributed by atoms with Gasteiger partial charge in [0.05, 0.1) is 18.3 Å². The number of ether oxygens (including phenoxy) is 1. The number of halogens is 1. The third kappa shape index (κ3) is 3.25. The van der Waals surface area contributed by atoms with Gasteiger partial charge in [-0.1, -0.05) is 13.3 Å². The summed E-state index contributed by atoms with van der Waals surface area (Å²) in [5.74, 6) is -0.366. The van der Waals surface area contributed by atoms with Gasteiger partial charge in [0.15, 0.2) is 0 Å². The topological polar surface area (TPSA) is 48.1 Å². The number of nitrogens with zero attached hydrogens (tertiary/aromatic N) is 1. The van der Waals surface area contributed by atoms with Gasteiger partial charge >= 0.3 is 0 Å². The highest BCUT2D eigenvalue weighted by molar-refractivity contribution is 5.15. The molecule has 0 aliphatic rings. The highest BCUT2D eigenvalue weighted by Gasteiger charge is 2.18. The number of nitrogens with two attached hydrogens (primary N) is 1. The van der Waals surface area contributed by atoms with Gasteiger partial charge in [-0.15, -0.1) is 0 Å². The van der Waals surface area contributed by atoms with Gasteiger partial charge in [0, 0.05) is 13.3 Å². The molecule has 1 rings (SSSR count). The largest absolute Gasteiger partial charge is 0.379 e. The lowest BCUT2D eigenvalue weighted by atomic mass is 10.0. The van der Waals surface area contributed by atoms with Gasteiger partial charge in [0.25, 0.3) is 0 Å². The predicted octanol–water partition coefficient (Wildman–Crippen LogP) is 2.04. The molecule has 15 heavy (non-hydrogen) atoms. The Morgan fingerprint density at radius 3 is 2.80 bits per heavy atom. The zero-order valence-corrected chi connectivity index (χ0v) is 9.11. The smallest absolute Gasteiger partial charge is 0.141 e. The van der Waals surface area contributed by atoms with E-state index in [1.165, 1.54) is 6.07 Å². The first-order chi connectivity index (χ1) is 7.19. The first-order valence-electron chi connectivity index (χ1n) is 5.07. The molecule has 0 saturated heterocycles. The summed E-state index contributed by atoms with van der Waals surface area (Å²) >= 11 is 0. The maximum atomic E-state index is 12.9. The van der Waals surface area contributed by atoms with Crippen LogP contribution in [0.5, 0.6) is 0 Å². The van der Waals surface area contributed by atoms with Crippen LogP contribution >= 0.6 is 0 Å². The molecule has 2 atom stereocenters. The lowest BCUT2D eigenvalue weighted by Gasteiger charge is -2.22. The van der Waals surface area contributed by atoms with Gasteiger partial charge in [0.1, 0.15) is 5.82 Å². The van der Waals surface area contributed by atoms with Gasteiger partial charge in [-0.25, -0.2) is 4.39 Å². The van der Waals surface area contributed by atoms with E-state index in [9.17, 15) is 4.39 Å². The molecule has 1 aromatic rings. The highest BCUT2D eigenvalue weighted by Crippen LogP contribution is 2.19. The number of hydrogen-bond donors (Lipinski definition) is 1. The Bertz CT molecular complexity index is 306. The number of pyridine rings is 1. The van der Waals surface area contributed by atoms with E-state index in [-0.39, 0.29) is 18.0 Å². The Kier molecular flexibility index (Phi) is 4.65. The van der Waals surface area contributed by atoms with Gasteiger partial charge < -0.3 is 10.5 Å². The minimum Gasteiger partial charge on any atom is -0.379 e. The molecule has 1 heterocycles. The fourth-order valence-electron chi connectivity index (χ4n) is 1.55. The van der Waals surface area contributed by atoms with Crippen LogP contribution < -0.4 is 5.73 Å². The first-order valence-corrected chi connectivity index (χ1v) is 5.07. The van der Waals surface area contributed by atoms with Crippen LogP contribution in [0.3, 0.4) is 0 Å². The van der Waals surface area contributed by atoms with Crippen molar-refractivity contribution in [3.8, 4) is 0 Å². The first kappa shape index (κ1) is 12.1. The van der Waals surface area contributed by atoms with Gasteiger partial charge in [0.2, 0.25) is 0 Å². The Balaban J connectivity index is 2.77. The van der Waals surface area contributed by atoms with E-state index < -0.39 is 0 Å². The van der Waals surface area contributed by atoms with Crippen molar-refractivity contribution in [1.29, 1.82) is 0 Å². The average molecular weight is 212 g/mol. The van der Waals surface area contributed by atoms with Gasteiger partial charge in [-0.05, 0) is 18.1 Å². The van der Waals surface area contributed by atoms with Crippen LogP contribution in [0, 0.1) is 5.82 Å². The minimum absolute atomic E-state index is 0.0846. The molecule has 0 aliphatic heterocycles. The van der Waals surface area contributed by atoms with Crippen LogP contribution in [-0.4, -0.2) is 18.2 Å². The second-order valence-electron chi connectivity index (χ2n) is 3.53. The van der Waals surface area contributed by atoms with Gasteiger partial charge in [-0.3, -0.25) is 4.98 Å². The zero-order valence-electron chi connectivity index (χ0n) is 9.11. The highest BCUT2D eigenvalue weighted by atomic mass is 19.1. The SMILES string of the molecule is CCCC(OC)C(N)c1cncc(F)c1. The Labute approximate surface area is 89.5 Å². The summed E-state index contributed by atoms with van der Waals surface area (Å²) < 4.78 is 18.2. The Morgan fingerprint density at radius 2 is 2.27 bits per heavy atom. The maximum Gasteiger partial charge on any atom is 0.141 e. The molecule has 0 aromatic carbocycles. The van der Waals surface area contributed by atoms with Crippen molar-refractivity contribution in [3.63, 3.8) is 0 Å². The molecular formula is C11H17FN2O. The van der Waals surface area contributed by atoms with Crippen molar-refractivity contribution < 1.29 is 9.13 Å². The molecule has 0 aliphatic carbocycles. The van der Waals surface area contributed by atoms with E-state index in [1.807, 2.05) is 0 Å². The van der Waals surface area contributed by atoms with Crippen molar-refractivity contribution in [1.82, 2.24) is 4.98 Å². The second-order valence-corrected chi connectivity index (χ2v) is 3.53. The number of hydrogen-bond acceptors (Lipinski definition) is 3. The van der Waals surface area contributed by atoms with Crippen LogP contribution in [0.2, 0.25) is 0 Å². The molecule has 4 heteroatoms. The van der Waals surface area contributed by atoms with Gasteiger partial charge in [-0.2, -0.15) is 0 Å². The van der Waals surface area contributed by atoms with E-state index in [0.717, 1.165) is 19.0 Å². The maximum absolute atomic E-state index is 12.9. The Morgan fingerprint density at radius 1 is 1.53 bits per heavy atom. The second kappa shape index (κ2) is 5.78. The lowest BCUT2D eigenvalue weighted by Crippen LogP contribution is -2.28. The molecule has 0 radical (unpaired) electrons. The Hall–Kier alpha value is -1.00. The normalized spacial score (nSPS) is 14.9. The van der Waals surface area contributed by atoms with E-state index in [4.69, 9.17) is 10.5 Å². The quantitative estimate of drug-likeness (QED) is 0.812. The molecule has 2 unspecified atom stereocenters. The molecule has 1 aromatic heterocycles. The summed E-state index contributed by atoms with van der Waals surface area (Å²) in [5.41, 5.74) is 6.65. The lowest BCUT2D eigenvalue weighted by molar-refractivity contribution is 0.0723. The molecule has 0 bridgehead atoms. The summed E-state index contributed by atoms with van der Waals surface area (Å²) in [6.07, 6.45) is 4.50. The molecule has 0 amide bonds. The fourth-order valence-corrected chi connectivity index (χ4v) is 1.55. The molecular weight excluding hydrogens is 195 g/mol. The monoisotopic (exact) mass is 212 g/mol. The van der Waals surface area contributed by atoms with Crippen molar-refractivity contribution in [2.75, 3.05) is 7.11 Å². The van der Waals surface area contributed by atoms with E-state index in [2.05, 4.69) is 11.9 Å². The van der Waals surface area contributed by atoms with Crippen LogP contribution in [0.1, 0.15) is 31.4 Å². The fraction of sp³-hybridized carbons (Fsp3) is 0.545. The molecule has 2 N–H and O–H groups in total. The summed E-state index contributed by atoms with van der Waals surface area (Å²) in [5, 5.41) is 0. The summed E-state index contributed by atoms with van der Waals surface area (Å²) in [6.45, 7) is 2.06. The molecule has 84 valence electrons. The average Bonchev–Trinajstić information content (AvgIpc) is 2.25.